The van der Waals surface area contributed by atoms with Crippen molar-refractivity contribution < 1.29 is 20.1 Å². The second-order valence-electron chi connectivity index (χ2n) is 10.6. The summed E-state index contributed by atoms with van der Waals surface area (Å²) in [7, 11) is 0. The molecular weight excluding hydrogens is 396 g/mol. The van der Waals surface area contributed by atoms with Gasteiger partial charge in [-0.15, -0.1) is 0 Å². The molecule has 1 amide bonds. The Kier molecular flexibility index (Phi) is 6.33. The first-order valence-corrected chi connectivity index (χ1v) is 10.8. The summed E-state index contributed by atoms with van der Waals surface area (Å²) in [5.74, 6) is -0.349. The first-order valence-electron chi connectivity index (χ1n) is 10.8. The Balaban J connectivity index is 1.86. The van der Waals surface area contributed by atoms with Crippen LogP contribution >= 0.6 is 0 Å². The summed E-state index contributed by atoms with van der Waals surface area (Å²) in [6.07, 6.45) is 3.70. The molecular formula is C24H34N2O5. The van der Waals surface area contributed by atoms with Crippen LogP contribution in [0.25, 0.3) is 10.8 Å². The van der Waals surface area contributed by atoms with Crippen molar-refractivity contribution in [1.29, 1.82) is 0 Å². The van der Waals surface area contributed by atoms with Crippen LogP contribution in [0.5, 0.6) is 0 Å². The molecule has 4 N–H and O–H groups in total. The van der Waals surface area contributed by atoms with Crippen molar-refractivity contribution in [1.82, 2.24) is 9.88 Å². The maximum Gasteiger partial charge on any atom is 0.258 e. The number of hydrogen-bond acceptors (Lipinski definition) is 5. The molecule has 1 aliphatic carbocycles. The van der Waals surface area contributed by atoms with E-state index < -0.39 is 11.6 Å². The van der Waals surface area contributed by atoms with Crippen LogP contribution in [0, 0.1) is 10.8 Å². The van der Waals surface area contributed by atoms with Crippen LogP contribution in [0.3, 0.4) is 0 Å². The molecule has 1 saturated carbocycles. The van der Waals surface area contributed by atoms with Crippen molar-refractivity contribution in [2.45, 2.75) is 58.6 Å². The lowest BCUT2D eigenvalue weighted by Gasteiger charge is -2.49. The van der Waals surface area contributed by atoms with Gasteiger partial charge in [-0.25, -0.2) is 0 Å². The smallest absolute Gasteiger partial charge is 0.258 e. The summed E-state index contributed by atoms with van der Waals surface area (Å²) < 4.78 is 1.28. The second kappa shape index (κ2) is 8.37. The molecule has 1 heterocycles. The third kappa shape index (κ3) is 5.00. The largest absolute Gasteiger partial charge is 0.394 e. The predicted octanol–water partition coefficient (Wildman–Crippen LogP) is 2.22. The number of benzene rings is 1. The molecule has 7 heteroatoms. The number of nitrogens with one attached hydrogen (secondary N) is 1. The number of aliphatic hydroxyl groups excluding tert-OH is 2. The van der Waals surface area contributed by atoms with Crippen LogP contribution in [-0.4, -0.2) is 51.2 Å². The van der Waals surface area contributed by atoms with Crippen LogP contribution in [0.2, 0.25) is 0 Å². The van der Waals surface area contributed by atoms with Crippen LogP contribution in [0.15, 0.2) is 35.3 Å². The fourth-order valence-corrected chi connectivity index (χ4v) is 5.74. The van der Waals surface area contributed by atoms with Gasteiger partial charge in [0.05, 0.1) is 24.9 Å². The molecule has 0 aliphatic heterocycles. The Morgan fingerprint density at radius 1 is 1.03 bits per heavy atom. The van der Waals surface area contributed by atoms with E-state index in [9.17, 15) is 24.9 Å². The van der Waals surface area contributed by atoms with Gasteiger partial charge in [0.2, 0.25) is 0 Å². The Labute approximate surface area is 182 Å². The zero-order valence-electron chi connectivity index (χ0n) is 18.8. The normalized spacial score (nSPS) is 19.5. The summed E-state index contributed by atoms with van der Waals surface area (Å²) >= 11 is 0. The van der Waals surface area contributed by atoms with E-state index in [-0.39, 0.29) is 42.1 Å². The van der Waals surface area contributed by atoms with Gasteiger partial charge in [0.25, 0.3) is 11.5 Å². The third-order valence-electron chi connectivity index (χ3n) is 6.18. The molecule has 31 heavy (non-hydrogen) atoms. The van der Waals surface area contributed by atoms with Crippen molar-refractivity contribution in [2.24, 2.45) is 10.8 Å². The molecule has 1 aromatic carbocycles. The quantitative estimate of drug-likeness (QED) is 0.562. The van der Waals surface area contributed by atoms with Gasteiger partial charge in [0.15, 0.2) is 0 Å². The summed E-state index contributed by atoms with van der Waals surface area (Å²) in [5, 5.41) is 33.7. The molecule has 1 aliphatic rings. The number of fused-ring (bicyclic) bond motifs is 1. The molecule has 0 atom stereocenters. The Bertz CT molecular complexity index is 1000. The van der Waals surface area contributed by atoms with E-state index in [1.165, 1.54) is 10.8 Å². The maximum atomic E-state index is 13.0. The van der Waals surface area contributed by atoms with Gasteiger partial charge in [-0.3, -0.25) is 9.59 Å². The van der Waals surface area contributed by atoms with Crippen molar-refractivity contribution in [2.75, 3.05) is 19.8 Å². The average Bonchev–Trinajstić information content (AvgIpc) is 2.65. The highest BCUT2D eigenvalue weighted by Crippen LogP contribution is 2.49. The van der Waals surface area contributed by atoms with Gasteiger partial charge < -0.3 is 25.2 Å². The highest BCUT2D eigenvalue weighted by atomic mass is 16.3. The molecule has 1 aromatic heterocycles. The Morgan fingerprint density at radius 3 is 2.23 bits per heavy atom. The van der Waals surface area contributed by atoms with Gasteiger partial charge in [-0.2, -0.15) is 0 Å². The monoisotopic (exact) mass is 430 g/mol. The van der Waals surface area contributed by atoms with E-state index in [1.54, 1.807) is 24.3 Å². The van der Waals surface area contributed by atoms with E-state index in [4.69, 9.17) is 0 Å². The van der Waals surface area contributed by atoms with Crippen LogP contribution < -0.4 is 10.9 Å². The molecule has 3 rings (SSSR count). The lowest BCUT2D eigenvalue weighted by molar-refractivity contribution is -0.0826. The van der Waals surface area contributed by atoms with Gasteiger partial charge >= 0.3 is 0 Å². The standard InChI is InChI=1S/C24H34N2O5/c1-22(2)12-23(3,4)14-24(31,13-22)15-25-20(29)18-6-5-7-19-17(18)8-9-26(21(19)30)16(10-27)11-28/h5-9,16,27-28,31H,10-15H2,1-4H3,(H,25,29). The van der Waals surface area contributed by atoms with E-state index in [2.05, 4.69) is 33.0 Å². The van der Waals surface area contributed by atoms with E-state index >= 15 is 0 Å². The van der Waals surface area contributed by atoms with Gasteiger partial charge in [-0.05, 0) is 48.3 Å². The topological polar surface area (TPSA) is 112 Å². The molecule has 0 radical (unpaired) electrons. The molecule has 7 nitrogen and oxygen atoms in total. The van der Waals surface area contributed by atoms with Crippen molar-refractivity contribution in [3.8, 4) is 0 Å². The first-order chi connectivity index (χ1) is 14.4. The van der Waals surface area contributed by atoms with Crippen molar-refractivity contribution >= 4 is 16.7 Å². The van der Waals surface area contributed by atoms with Crippen molar-refractivity contribution in [3.05, 3.63) is 46.4 Å². The molecule has 0 unspecified atom stereocenters. The number of aliphatic hydroxyl groups is 3. The van der Waals surface area contributed by atoms with Crippen LogP contribution in [0.1, 0.15) is 63.4 Å². The number of pyridine rings is 1. The fraction of sp³-hybridized carbons (Fsp3) is 0.583. The highest BCUT2D eigenvalue weighted by Gasteiger charge is 2.46. The number of carbonyl (C=O) groups is 1. The van der Waals surface area contributed by atoms with Crippen LogP contribution in [0.4, 0.5) is 0 Å². The SMILES string of the molecule is CC1(C)CC(C)(C)CC(O)(CNC(=O)c2cccc3c(=O)n(C(CO)CO)ccc23)C1. The van der Waals surface area contributed by atoms with E-state index in [0.717, 1.165) is 6.42 Å². The zero-order chi connectivity index (χ0) is 23.0. The predicted molar refractivity (Wildman–Crippen MR) is 120 cm³/mol. The minimum Gasteiger partial charge on any atom is -0.394 e. The summed E-state index contributed by atoms with van der Waals surface area (Å²) in [6.45, 7) is 7.97. The average molecular weight is 431 g/mol. The molecule has 0 spiro atoms. The second-order valence-corrected chi connectivity index (χ2v) is 10.6. The van der Waals surface area contributed by atoms with Gasteiger partial charge in [0, 0.05) is 29.1 Å². The number of nitrogens with zero attached hydrogens (tertiary/aromatic N) is 1. The van der Waals surface area contributed by atoms with Crippen molar-refractivity contribution in [3.63, 3.8) is 0 Å². The fourth-order valence-electron chi connectivity index (χ4n) is 5.74. The lowest BCUT2D eigenvalue weighted by Crippen LogP contribution is -2.52. The summed E-state index contributed by atoms with van der Waals surface area (Å²) in [5.41, 5.74) is -1.07. The number of aromatic nitrogens is 1. The molecule has 1 fully saturated rings. The summed E-state index contributed by atoms with van der Waals surface area (Å²) in [4.78, 5) is 25.8. The lowest BCUT2D eigenvalue weighted by atomic mass is 9.59. The number of amides is 1. The van der Waals surface area contributed by atoms with E-state index in [1.807, 2.05) is 0 Å². The minimum atomic E-state index is -0.992. The van der Waals surface area contributed by atoms with Gasteiger partial charge in [0.1, 0.15) is 0 Å². The number of carbonyl (C=O) groups excluding carboxylic acids is 1. The Morgan fingerprint density at radius 2 is 1.65 bits per heavy atom. The maximum absolute atomic E-state index is 13.0. The molecule has 0 bridgehead atoms. The number of hydrogen-bond donors (Lipinski definition) is 4. The molecule has 0 saturated heterocycles. The van der Waals surface area contributed by atoms with Crippen LogP contribution in [-0.2, 0) is 0 Å². The van der Waals surface area contributed by atoms with Gasteiger partial charge in [-0.1, -0.05) is 33.8 Å². The minimum absolute atomic E-state index is 0.0261. The third-order valence-corrected chi connectivity index (χ3v) is 6.18. The molecule has 170 valence electrons. The highest BCUT2D eigenvalue weighted by molar-refractivity contribution is 6.06. The first kappa shape index (κ1) is 23.4. The Hall–Kier alpha value is -2.22. The summed E-state index contributed by atoms with van der Waals surface area (Å²) in [6, 6.07) is 5.82. The number of rotatable bonds is 6. The zero-order valence-corrected chi connectivity index (χ0v) is 18.8. The molecule has 2 aromatic rings. The van der Waals surface area contributed by atoms with E-state index in [0.29, 0.717) is 29.2 Å².